The van der Waals surface area contributed by atoms with Crippen molar-refractivity contribution in [3.8, 4) is 5.75 Å². The molecule has 5 heteroatoms. The molecule has 1 N–H and O–H groups in total. The molecule has 1 aliphatic carbocycles. The molecule has 1 saturated heterocycles. The average molecular weight is 331 g/mol. The Balaban J connectivity index is 1.79. The smallest absolute Gasteiger partial charge is 0.293 e. The van der Waals surface area contributed by atoms with Gasteiger partial charge in [0.25, 0.3) is 11.1 Å². The highest BCUT2D eigenvalue weighted by molar-refractivity contribution is 8.18. The molecule has 0 radical (unpaired) electrons. The first-order chi connectivity index (χ1) is 11.0. The van der Waals surface area contributed by atoms with Crippen LogP contribution in [-0.4, -0.2) is 27.7 Å². The highest BCUT2D eigenvalue weighted by Crippen LogP contribution is 2.40. The van der Waals surface area contributed by atoms with Gasteiger partial charge in [0.05, 0.1) is 4.91 Å². The van der Waals surface area contributed by atoms with E-state index in [9.17, 15) is 14.7 Å². The molecule has 3 rings (SSSR count). The monoisotopic (exact) mass is 331 g/mol. The number of para-hydroxylation sites is 1. The van der Waals surface area contributed by atoms with E-state index in [1.54, 1.807) is 30.3 Å². The second-order valence-electron chi connectivity index (χ2n) is 6.70. The number of carbonyl (C=O) groups excluding carboxylic acids is 2. The molecular weight excluding hydrogens is 310 g/mol. The van der Waals surface area contributed by atoms with E-state index in [1.807, 2.05) is 0 Å². The van der Waals surface area contributed by atoms with Crippen molar-refractivity contribution in [2.24, 2.45) is 5.41 Å². The zero-order valence-corrected chi connectivity index (χ0v) is 14.1. The number of aromatic hydroxyl groups is 1. The van der Waals surface area contributed by atoms with Crippen LogP contribution in [0.5, 0.6) is 5.75 Å². The summed E-state index contributed by atoms with van der Waals surface area (Å²) in [4.78, 5) is 26.6. The number of amides is 2. The topological polar surface area (TPSA) is 57.6 Å². The second-order valence-corrected chi connectivity index (χ2v) is 7.69. The van der Waals surface area contributed by atoms with E-state index >= 15 is 0 Å². The molecule has 0 unspecified atom stereocenters. The lowest BCUT2D eigenvalue weighted by atomic mass is 9.75. The third-order valence-corrected chi connectivity index (χ3v) is 5.60. The molecule has 1 aromatic rings. The van der Waals surface area contributed by atoms with Crippen molar-refractivity contribution in [3.05, 3.63) is 34.7 Å². The average Bonchev–Trinajstić information content (AvgIpc) is 2.78. The van der Waals surface area contributed by atoms with Crippen molar-refractivity contribution in [1.29, 1.82) is 0 Å². The summed E-state index contributed by atoms with van der Waals surface area (Å²) in [7, 11) is 0. The van der Waals surface area contributed by atoms with Crippen LogP contribution in [0.15, 0.2) is 29.2 Å². The number of thioether (sulfide) groups is 1. The van der Waals surface area contributed by atoms with Crippen molar-refractivity contribution in [3.63, 3.8) is 0 Å². The molecule has 122 valence electrons. The van der Waals surface area contributed by atoms with Crippen molar-refractivity contribution >= 4 is 29.0 Å². The van der Waals surface area contributed by atoms with Gasteiger partial charge in [0.2, 0.25) is 0 Å². The fourth-order valence-electron chi connectivity index (χ4n) is 3.33. The fourth-order valence-corrected chi connectivity index (χ4v) is 4.16. The van der Waals surface area contributed by atoms with E-state index < -0.39 is 0 Å². The molecule has 1 saturated carbocycles. The van der Waals surface area contributed by atoms with E-state index in [1.165, 1.54) is 24.2 Å². The maximum Gasteiger partial charge on any atom is 0.293 e. The van der Waals surface area contributed by atoms with Crippen LogP contribution in [0.4, 0.5) is 4.79 Å². The van der Waals surface area contributed by atoms with Crippen LogP contribution < -0.4 is 0 Å². The molecule has 0 spiro atoms. The summed E-state index contributed by atoms with van der Waals surface area (Å²) >= 11 is 0.960. The first-order valence-corrected chi connectivity index (χ1v) is 8.84. The summed E-state index contributed by atoms with van der Waals surface area (Å²) < 4.78 is 0. The third-order valence-electron chi connectivity index (χ3n) is 4.70. The van der Waals surface area contributed by atoms with E-state index in [0.29, 0.717) is 17.0 Å². The zero-order valence-electron chi connectivity index (χ0n) is 13.2. The fraction of sp³-hybridized carbons (Fsp3) is 0.444. The van der Waals surface area contributed by atoms with E-state index in [2.05, 4.69) is 6.92 Å². The van der Waals surface area contributed by atoms with Crippen LogP contribution in [0.3, 0.4) is 0 Å². The number of carbonyl (C=O) groups is 2. The summed E-state index contributed by atoms with van der Waals surface area (Å²) in [5.74, 6) is -0.131. The molecule has 4 nitrogen and oxygen atoms in total. The number of phenolic OH excluding ortho intramolecular Hbond substituents is 1. The SMILES string of the molecule is CC1(CN2C(=O)SC(=Cc3ccccc3O)C2=O)CCCCC1. The Morgan fingerprint density at radius 3 is 2.61 bits per heavy atom. The first kappa shape index (κ1) is 16.1. The van der Waals surface area contributed by atoms with Crippen LogP contribution in [-0.2, 0) is 4.79 Å². The molecule has 2 aliphatic rings. The number of phenols is 1. The highest BCUT2D eigenvalue weighted by Gasteiger charge is 2.40. The Hall–Kier alpha value is -1.75. The highest BCUT2D eigenvalue weighted by atomic mass is 32.2. The first-order valence-electron chi connectivity index (χ1n) is 8.02. The van der Waals surface area contributed by atoms with Gasteiger partial charge < -0.3 is 5.11 Å². The summed E-state index contributed by atoms with van der Waals surface area (Å²) in [6, 6.07) is 6.81. The number of benzene rings is 1. The van der Waals surface area contributed by atoms with Gasteiger partial charge in [-0.1, -0.05) is 44.4 Å². The van der Waals surface area contributed by atoms with Gasteiger partial charge in [-0.25, -0.2) is 0 Å². The molecule has 1 heterocycles. The number of hydrogen-bond donors (Lipinski definition) is 1. The number of nitrogens with zero attached hydrogens (tertiary/aromatic N) is 1. The molecular formula is C18H21NO3S. The Kier molecular flexibility index (Phi) is 4.48. The number of hydrogen-bond acceptors (Lipinski definition) is 4. The van der Waals surface area contributed by atoms with Crippen LogP contribution in [0.25, 0.3) is 6.08 Å². The Labute approximate surface area is 140 Å². The molecule has 1 aromatic carbocycles. The Morgan fingerprint density at radius 1 is 1.22 bits per heavy atom. The van der Waals surface area contributed by atoms with E-state index in [4.69, 9.17) is 0 Å². The van der Waals surface area contributed by atoms with Crippen LogP contribution >= 0.6 is 11.8 Å². The normalized spacial score (nSPS) is 22.8. The second kappa shape index (κ2) is 6.40. The standard InChI is InChI=1S/C18H21NO3S/c1-18(9-5-2-6-10-18)12-19-16(21)15(23-17(19)22)11-13-7-3-4-8-14(13)20/h3-4,7-8,11,20H,2,5-6,9-10,12H2,1H3. The number of imide groups is 1. The third kappa shape index (κ3) is 3.44. The van der Waals surface area contributed by atoms with Gasteiger partial charge in [0, 0.05) is 12.1 Å². The Bertz CT molecular complexity index is 662. The van der Waals surface area contributed by atoms with E-state index in [-0.39, 0.29) is 22.3 Å². The van der Waals surface area contributed by atoms with E-state index in [0.717, 1.165) is 24.6 Å². The lowest BCUT2D eigenvalue weighted by Crippen LogP contribution is -2.39. The van der Waals surface area contributed by atoms with Crippen LogP contribution in [0.1, 0.15) is 44.6 Å². The lowest BCUT2D eigenvalue weighted by Gasteiger charge is -2.35. The minimum atomic E-state index is -0.241. The summed E-state index contributed by atoms with van der Waals surface area (Å²) in [6.45, 7) is 2.66. The Morgan fingerprint density at radius 2 is 1.91 bits per heavy atom. The maximum absolute atomic E-state index is 12.6. The van der Waals surface area contributed by atoms with Crippen LogP contribution in [0.2, 0.25) is 0 Å². The summed E-state index contributed by atoms with van der Waals surface area (Å²) in [6.07, 6.45) is 7.30. The predicted molar refractivity (Wildman–Crippen MR) is 92.0 cm³/mol. The lowest BCUT2D eigenvalue weighted by molar-refractivity contribution is -0.124. The molecule has 23 heavy (non-hydrogen) atoms. The molecule has 0 bridgehead atoms. The van der Waals surface area contributed by atoms with Gasteiger partial charge in [-0.2, -0.15) is 0 Å². The molecule has 2 amide bonds. The molecule has 0 aromatic heterocycles. The number of rotatable bonds is 3. The van der Waals surface area contributed by atoms with Gasteiger partial charge in [-0.3, -0.25) is 14.5 Å². The molecule has 0 atom stereocenters. The van der Waals surface area contributed by atoms with Gasteiger partial charge in [-0.05, 0) is 42.2 Å². The molecule has 2 fully saturated rings. The van der Waals surface area contributed by atoms with Crippen molar-refractivity contribution < 1.29 is 14.7 Å². The van der Waals surface area contributed by atoms with Gasteiger partial charge >= 0.3 is 0 Å². The predicted octanol–water partition coefficient (Wildman–Crippen LogP) is 4.40. The zero-order chi connectivity index (χ0) is 16.4. The quantitative estimate of drug-likeness (QED) is 0.834. The van der Waals surface area contributed by atoms with Crippen molar-refractivity contribution in [2.75, 3.05) is 6.54 Å². The minimum absolute atomic E-state index is 0.0362. The van der Waals surface area contributed by atoms with Crippen molar-refractivity contribution in [1.82, 2.24) is 4.90 Å². The van der Waals surface area contributed by atoms with Gasteiger partial charge in [-0.15, -0.1) is 0 Å². The minimum Gasteiger partial charge on any atom is -0.507 e. The van der Waals surface area contributed by atoms with Crippen LogP contribution in [0, 0.1) is 5.41 Å². The van der Waals surface area contributed by atoms with Crippen molar-refractivity contribution in [2.45, 2.75) is 39.0 Å². The van der Waals surface area contributed by atoms with Gasteiger partial charge in [0.1, 0.15) is 5.75 Å². The summed E-state index contributed by atoms with van der Waals surface area (Å²) in [5.41, 5.74) is 0.593. The summed E-state index contributed by atoms with van der Waals surface area (Å²) in [5, 5.41) is 9.62. The van der Waals surface area contributed by atoms with Gasteiger partial charge in [0.15, 0.2) is 0 Å². The molecule has 1 aliphatic heterocycles. The maximum atomic E-state index is 12.6. The largest absolute Gasteiger partial charge is 0.507 e.